The topological polar surface area (TPSA) is 93.8 Å². The molecule has 4 heterocycles. The number of urea groups is 1. The van der Waals surface area contributed by atoms with Crippen LogP contribution in [0.3, 0.4) is 0 Å². The van der Waals surface area contributed by atoms with Gasteiger partial charge in [0.15, 0.2) is 0 Å². The number of ether oxygens (including phenoxy) is 1. The van der Waals surface area contributed by atoms with Crippen molar-refractivity contribution in [3.05, 3.63) is 77.1 Å². The van der Waals surface area contributed by atoms with Gasteiger partial charge in [-0.25, -0.2) is 9.78 Å². The number of carbonyl (C=O) groups excluding carboxylic acids is 2. The van der Waals surface area contributed by atoms with Gasteiger partial charge in [0.25, 0.3) is 5.91 Å². The van der Waals surface area contributed by atoms with Gasteiger partial charge >= 0.3 is 12.2 Å². The van der Waals surface area contributed by atoms with Crippen molar-refractivity contribution in [2.24, 2.45) is 0 Å². The van der Waals surface area contributed by atoms with Gasteiger partial charge < -0.3 is 19.9 Å². The number of benzene rings is 2. The molecule has 0 saturated carbocycles. The Morgan fingerprint density at radius 2 is 1.88 bits per heavy atom. The molecule has 212 valence electrons. The predicted octanol–water partition coefficient (Wildman–Crippen LogP) is 5.56. The summed E-state index contributed by atoms with van der Waals surface area (Å²) in [5.74, 6) is -0.688. The van der Waals surface area contributed by atoms with Gasteiger partial charge in [0.1, 0.15) is 5.65 Å². The van der Waals surface area contributed by atoms with Crippen molar-refractivity contribution in [3.63, 3.8) is 0 Å². The third kappa shape index (κ3) is 4.95. The molecule has 2 aliphatic heterocycles. The number of aryl methyl sites for hydroxylation is 1. The molecule has 41 heavy (non-hydrogen) atoms. The van der Waals surface area contributed by atoms with Crippen LogP contribution >= 0.6 is 0 Å². The maximum Gasteiger partial charge on any atom is 0.416 e. The molecule has 0 atom stereocenters. The summed E-state index contributed by atoms with van der Waals surface area (Å²) < 4.78 is 46.5. The van der Waals surface area contributed by atoms with Crippen molar-refractivity contribution in [1.82, 2.24) is 9.97 Å². The summed E-state index contributed by atoms with van der Waals surface area (Å²) in [7, 11) is 1.69. The summed E-state index contributed by atoms with van der Waals surface area (Å²) >= 11 is 0. The molecule has 12 heteroatoms. The largest absolute Gasteiger partial charge is 0.416 e. The third-order valence-corrected chi connectivity index (χ3v) is 7.46. The van der Waals surface area contributed by atoms with Crippen LogP contribution in [0.4, 0.5) is 40.7 Å². The molecule has 0 radical (unpaired) electrons. The Kier molecular flexibility index (Phi) is 6.57. The fraction of sp³-hybridized carbons (Fsp3) is 0.276. The Morgan fingerprint density at radius 1 is 1.10 bits per heavy atom. The van der Waals surface area contributed by atoms with E-state index in [-0.39, 0.29) is 18.1 Å². The minimum atomic E-state index is -4.62. The highest BCUT2D eigenvalue weighted by atomic mass is 19.4. The number of morpholine rings is 1. The average molecular weight is 565 g/mol. The molecule has 2 aromatic carbocycles. The van der Waals surface area contributed by atoms with Crippen LogP contribution in [0.15, 0.2) is 54.9 Å². The lowest BCUT2D eigenvalue weighted by atomic mass is 10.1. The van der Waals surface area contributed by atoms with E-state index in [4.69, 9.17) is 4.74 Å². The van der Waals surface area contributed by atoms with E-state index in [1.165, 1.54) is 6.07 Å². The number of pyridine rings is 1. The lowest BCUT2D eigenvalue weighted by Gasteiger charge is -2.36. The number of fused-ring (bicyclic) bond motifs is 3. The summed E-state index contributed by atoms with van der Waals surface area (Å²) in [5, 5.41) is 3.56. The van der Waals surface area contributed by atoms with Crippen LogP contribution in [0.5, 0.6) is 0 Å². The first-order chi connectivity index (χ1) is 19.6. The van der Waals surface area contributed by atoms with E-state index in [9.17, 15) is 22.8 Å². The number of anilines is 4. The number of nitrogens with zero attached hydrogens (tertiary/aromatic N) is 4. The van der Waals surface area contributed by atoms with Crippen molar-refractivity contribution in [2.75, 3.05) is 53.4 Å². The second-order valence-corrected chi connectivity index (χ2v) is 10.1. The highest BCUT2D eigenvalue weighted by Gasteiger charge is 2.34. The van der Waals surface area contributed by atoms with E-state index in [0.717, 1.165) is 34.3 Å². The van der Waals surface area contributed by atoms with Gasteiger partial charge in [0.2, 0.25) is 0 Å². The fourth-order valence-corrected chi connectivity index (χ4v) is 5.34. The van der Waals surface area contributed by atoms with E-state index < -0.39 is 17.6 Å². The second-order valence-electron chi connectivity index (χ2n) is 10.1. The SMILES string of the molecule is Cc1ccc(NC(=O)c2cc(N3CCOCC3)cc(C(F)(F)F)c2)cc1N1Cc2cnc3[nH]ccc3c2N(C)C1=O. The zero-order chi connectivity index (χ0) is 28.9. The van der Waals surface area contributed by atoms with Crippen LogP contribution in [-0.4, -0.2) is 55.3 Å². The highest BCUT2D eigenvalue weighted by molar-refractivity contribution is 6.11. The van der Waals surface area contributed by atoms with Gasteiger partial charge in [-0.15, -0.1) is 0 Å². The average Bonchev–Trinajstić information content (AvgIpc) is 3.44. The maximum absolute atomic E-state index is 13.7. The maximum atomic E-state index is 13.7. The number of carbonyl (C=O) groups is 2. The molecular weight excluding hydrogens is 537 g/mol. The number of alkyl halides is 3. The van der Waals surface area contributed by atoms with Crippen molar-refractivity contribution in [3.8, 4) is 0 Å². The molecule has 0 unspecified atom stereocenters. The predicted molar refractivity (Wildman–Crippen MR) is 150 cm³/mol. The van der Waals surface area contributed by atoms with Crippen molar-refractivity contribution < 1.29 is 27.5 Å². The smallest absolute Gasteiger partial charge is 0.378 e. The highest BCUT2D eigenvalue weighted by Crippen LogP contribution is 2.38. The molecule has 1 saturated heterocycles. The number of halogens is 3. The van der Waals surface area contributed by atoms with Gasteiger partial charge in [-0.2, -0.15) is 13.2 Å². The van der Waals surface area contributed by atoms with E-state index in [0.29, 0.717) is 49.0 Å². The fourth-order valence-electron chi connectivity index (χ4n) is 5.34. The molecule has 2 aliphatic rings. The van der Waals surface area contributed by atoms with E-state index in [1.54, 1.807) is 52.3 Å². The summed E-state index contributed by atoms with van der Waals surface area (Å²) in [6.45, 7) is 3.75. The second kappa shape index (κ2) is 10.1. The lowest BCUT2D eigenvalue weighted by molar-refractivity contribution is -0.137. The summed E-state index contributed by atoms with van der Waals surface area (Å²) in [6.07, 6.45) is -1.12. The normalized spacial score (nSPS) is 15.8. The van der Waals surface area contributed by atoms with E-state index in [2.05, 4.69) is 15.3 Å². The van der Waals surface area contributed by atoms with Crippen LogP contribution in [0.2, 0.25) is 0 Å². The number of H-pyrrole nitrogens is 1. The minimum Gasteiger partial charge on any atom is -0.378 e. The summed E-state index contributed by atoms with van der Waals surface area (Å²) in [6, 6.07) is 10.0. The Morgan fingerprint density at radius 3 is 2.63 bits per heavy atom. The molecular formula is C29H27F3N6O3. The number of nitrogens with one attached hydrogen (secondary N) is 2. The van der Waals surface area contributed by atoms with Gasteiger partial charge in [0, 0.05) is 60.4 Å². The van der Waals surface area contributed by atoms with Crippen LogP contribution in [-0.2, 0) is 17.5 Å². The lowest BCUT2D eigenvalue weighted by Crippen LogP contribution is -2.45. The Balaban J connectivity index is 1.30. The zero-order valence-electron chi connectivity index (χ0n) is 22.4. The van der Waals surface area contributed by atoms with E-state index >= 15 is 0 Å². The third-order valence-electron chi connectivity index (χ3n) is 7.46. The molecule has 2 aromatic heterocycles. The number of rotatable bonds is 4. The zero-order valence-corrected chi connectivity index (χ0v) is 22.4. The Bertz CT molecular complexity index is 1660. The number of hydrogen-bond acceptors (Lipinski definition) is 5. The van der Waals surface area contributed by atoms with Crippen LogP contribution in [0.1, 0.15) is 27.0 Å². The molecule has 2 N–H and O–H groups in total. The molecule has 1 fully saturated rings. The van der Waals surface area contributed by atoms with Gasteiger partial charge in [-0.05, 0) is 48.9 Å². The first-order valence-electron chi connectivity index (χ1n) is 13.1. The molecule has 0 spiro atoms. The number of amides is 3. The standard InChI is InChI=1S/C29H27F3N6O3/c1-17-3-4-21(14-24(17)38-16-19-15-34-26-23(5-6-33-26)25(19)36(2)28(38)40)35-27(39)18-11-20(29(30,31)32)13-22(12-18)37-7-9-41-10-8-37/h3-6,11-15H,7-10,16H2,1-2H3,(H,33,34)(H,35,39). The molecule has 0 bridgehead atoms. The minimum absolute atomic E-state index is 0.118. The number of aromatic nitrogens is 2. The number of hydrogen-bond donors (Lipinski definition) is 2. The molecule has 6 rings (SSSR count). The van der Waals surface area contributed by atoms with Crippen LogP contribution < -0.4 is 20.0 Å². The van der Waals surface area contributed by atoms with Gasteiger partial charge in [-0.3, -0.25) is 14.6 Å². The molecule has 9 nitrogen and oxygen atoms in total. The van der Waals surface area contributed by atoms with E-state index in [1.807, 2.05) is 13.0 Å². The quantitative estimate of drug-likeness (QED) is 0.339. The molecule has 0 aliphatic carbocycles. The van der Waals surface area contributed by atoms with Crippen molar-refractivity contribution >= 4 is 45.7 Å². The summed E-state index contributed by atoms with van der Waals surface area (Å²) in [4.78, 5) is 39.2. The van der Waals surface area contributed by atoms with Gasteiger partial charge in [-0.1, -0.05) is 6.07 Å². The molecule has 4 aromatic rings. The molecule has 3 amide bonds. The number of aromatic amines is 1. The van der Waals surface area contributed by atoms with Gasteiger partial charge in [0.05, 0.1) is 36.7 Å². The monoisotopic (exact) mass is 564 g/mol. The summed E-state index contributed by atoms with van der Waals surface area (Å²) in [5.41, 5.74) is 3.31. The Labute approximate surface area is 233 Å². The van der Waals surface area contributed by atoms with Crippen LogP contribution in [0.25, 0.3) is 11.0 Å². The first kappa shape index (κ1) is 26.6. The Hall–Kier alpha value is -4.58. The van der Waals surface area contributed by atoms with Crippen LogP contribution in [0, 0.1) is 6.92 Å². The van der Waals surface area contributed by atoms with Crippen molar-refractivity contribution in [2.45, 2.75) is 19.6 Å². The van der Waals surface area contributed by atoms with Crippen molar-refractivity contribution in [1.29, 1.82) is 0 Å². The first-order valence-corrected chi connectivity index (χ1v) is 13.1.